The van der Waals surface area contributed by atoms with Gasteiger partial charge < -0.3 is 9.47 Å². The molecule has 0 saturated carbocycles. The van der Waals surface area contributed by atoms with Gasteiger partial charge in [0, 0.05) is 14.9 Å². The lowest BCUT2D eigenvalue weighted by atomic mass is 9.56. The first-order valence-corrected chi connectivity index (χ1v) is 11.9. The van der Waals surface area contributed by atoms with Crippen molar-refractivity contribution in [3.8, 4) is 6.07 Å². The van der Waals surface area contributed by atoms with Crippen LogP contribution in [-0.2, 0) is 9.47 Å². The molecule has 164 valence electrons. The Bertz CT molecular complexity index is 523. The summed E-state index contributed by atoms with van der Waals surface area (Å²) in [6.07, 6.45) is 2.05. The topological polar surface area (TPSA) is 45.5 Å². The van der Waals surface area contributed by atoms with Gasteiger partial charge in [-0.05, 0) is 44.9 Å². The van der Waals surface area contributed by atoms with E-state index in [0.29, 0.717) is 19.1 Å². The third kappa shape index (κ3) is 7.59. The zero-order valence-corrected chi connectivity index (χ0v) is 21.5. The first-order valence-electron chi connectivity index (χ1n) is 10.5. The third-order valence-electron chi connectivity index (χ3n) is 6.31. The Morgan fingerprint density at radius 3 is 2.14 bits per heavy atom. The molecule has 1 aliphatic rings. The van der Waals surface area contributed by atoms with Crippen molar-refractivity contribution in [3.05, 3.63) is 0 Å². The van der Waals surface area contributed by atoms with Crippen LogP contribution < -0.4 is 0 Å². The van der Waals surface area contributed by atoms with Crippen LogP contribution in [0.3, 0.4) is 0 Å². The predicted octanol–water partition coefficient (Wildman–Crippen LogP) is 6.90. The van der Waals surface area contributed by atoms with Crippen molar-refractivity contribution in [1.29, 1.82) is 5.26 Å². The number of thioether (sulfide) groups is 1. The number of rotatable bonds is 12. The molecular weight excluding hydrogens is 386 g/mol. The Morgan fingerprint density at radius 2 is 1.75 bits per heavy atom. The van der Waals surface area contributed by atoms with Crippen molar-refractivity contribution in [2.75, 3.05) is 19.8 Å². The number of hydrogen-bond acceptors (Lipinski definition) is 5. The fourth-order valence-corrected chi connectivity index (χ4v) is 5.12. The summed E-state index contributed by atoms with van der Waals surface area (Å²) in [6, 6.07) is 2.64. The molecule has 0 amide bonds. The van der Waals surface area contributed by atoms with E-state index in [-0.39, 0.29) is 27.1 Å². The smallest absolute Gasteiger partial charge is 0.104 e. The lowest BCUT2D eigenvalue weighted by molar-refractivity contribution is -0.0219. The largest absolute Gasteiger partial charge is 0.378 e. The maximum absolute atomic E-state index is 10.0. The number of hydrogen-bond donors (Lipinski definition) is 0. The highest BCUT2D eigenvalue weighted by Crippen LogP contribution is 2.55. The second-order valence-corrected chi connectivity index (χ2v) is 11.9. The van der Waals surface area contributed by atoms with E-state index < -0.39 is 0 Å². The van der Waals surface area contributed by atoms with Gasteiger partial charge in [-0.25, -0.2) is 0 Å². The fraction of sp³-hybridized carbons (Fsp3) is 0.913. The van der Waals surface area contributed by atoms with Crippen molar-refractivity contribution in [3.63, 3.8) is 0 Å². The summed E-state index contributed by atoms with van der Waals surface area (Å²) >= 11 is 6.84. The summed E-state index contributed by atoms with van der Waals surface area (Å²) in [4.78, 5) is 0. The molecule has 1 heterocycles. The van der Waals surface area contributed by atoms with Crippen LogP contribution in [0.2, 0.25) is 0 Å². The average Bonchev–Trinajstić information content (AvgIpc) is 3.39. The van der Waals surface area contributed by atoms with E-state index >= 15 is 0 Å². The standard InChI is InChI=1S/C21H37NO2S2.C2H6/c1-16(2)9-20(7,13-22)18(3,4)12-21(8,19(5,6)26-15-25)14-23-10-17-11-24-17;1-2/h15-17H,9-12,14H2,1-8H3;1-2H3. The molecule has 0 N–H and O–H groups in total. The van der Waals surface area contributed by atoms with Crippen molar-refractivity contribution >= 4 is 28.7 Å². The fourth-order valence-electron chi connectivity index (χ4n) is 3.74. The number of epoxide rings is 1. The molecule has 0 spiro atoms. The van der Waals surface area contributed by atoms with E-state index in [1.807, 2.05) is 13.8 Å². The normalized spacial score (nSPS) is 21.0. The van der Waals surface area contributed by atoms with Gasteiger partial charge in [0.2, 0.25) is 0 Å². The molecular formula is C23H43NO2S2. The molecule has 0 aromatic carbocycles. The van der Waals surface area contributed by atoms with E-state index in [9.17, 15) is 5.26 Å². The first-order chi connectivity index (χ1) is 12.8. The summed E-state index contributed by atoms with van der Waals surface area (Å²) in [5, 5.41) is 10.0. The SMILES string of the molecule is CC.CC(C)CC(C)(C#N)C(C)(C)CC(C)(COCC1CO1)C(C)(C)SC=S. The molecule has 1 aliphatic heterocycles. The minimum atomic E-state index is -0.388. The van der Waals surface area contributed by atoms with Gasteiger partial charge in [0.25, 0.3) is 0 Å². The van der Waals surface area contributed by atoms with E-state index in [2.05, 4.69) is 61.5 Å². The third-order valence-corrected chi connectivity index (χ3v) is 7.78. The van der Waals surface area contributed by atoms with Crippen LogP contribution >= 0.6 is 24.0 Å². The molecule has 28 heavy (non-hydrogen) atoms. The molecule has 0 aliphatic carbocycles. The van der Waals surface area contributed by atoms with Crippen molar-refractivity contribution < 1.29 is 9.47 Å². The van der Waals surface area contributed by atoms with Gasteiger partial charge in [-0.2, -0.15) is 5.26 Å². The lowest BCUT2D eigenvalue weighted by Gasteiger charge is -2.51. The maximum atomic E-state index is 10.0. The van der Waals surface area contributed by atoms with Crippen LogP contribution in [0.25, 0.3) is 0 Å². The maximum Gasteiger partial charge on any atom is 0.104 e. The number of thiocarbonyl (C=S) groups is 1. The van der Waals surface area contributed by atoms with E-state index in [1.165, 1.54) is 0 Å². The Balaban J connectivity index is 0.00000352. The number of nitrogens with zero attached hydrogens (tertiary/aromatic N) is 1. The molecule has 3 unspecified atom stereocenters. The van der Waals surface area contributed by atoms with Gasteiger partial charge in [-0.1, -0.05) is 60.7 Å². The summed E-state index contributed by atoms with van der Waals surface area (Å²) in [6.45, 7) is 23.8. The van der Waals surface area contributed by atoms with Gasteiger partial charge in [-0.15, -0.1) is 11.8 Å². The molecule has 3 atom stereocenters. The van der Waals surface area contributed by atoms with Gasteiger partial charge >= 0.3 is 0 Å². The van der Waals surface area contributed by atoms with Crippen LogP contribution in [-0.4, -0.2) is 35.4 Å². The first kappa shape index (κ1) is 27.8. The molecule has 0 aromatic heterocycles. The monoisotopic (exact) mass is 429 g/mol. The minimum Gasteiger partial charge on any atom is -0.378 e. The summed E-state index contributed by atoms with van der Waals surface area (Å²) in [7, 11) is 0. The predicted molar refractivity (Wildman–Crippen MR) is 127 cm³/mol. The van der Waals surface area contributed by atoms with Crippen LogP contribution in [0, 0.1) is 33.5 Å². The molecule has 0 aromatic rings. The van der Waals surface area contributed by atoms with Gasteiger partial charge in [0.1, 0.15) is 6.10 Å². The highest BCUT2D eigenvalue weighted by Gasteiger charge is 2.51. The second kappa shape index (κ2) is 11.3. The molecule has 5 heteroatoms. The Morgan fingerprint density at radius 1 is 1.21 bits per heavy atom. The van der Waals surface area contributed by atoms with Gasteiger partial charge in [0.05, 0.1) is 31.3 Å². The van der Waals surface area contributed by atoms with Crippen LogP contribution in [0.15, 0.2) is 0 Å². The minimum absolute atomic E-state index is 0.0926. The van der Waals surface area contributed by atoms with Crippen LogP contribution in [0.4, 0.5) is 0 Å². The number of ether oxygens (including phenoxy) is 2. The molecule has 1 saturated heterocycles. The quantitative estimate of drug-likeness (QED) is 0.249. The van der Waals surface area contributed by atoms with Crippen LogP contribution in [0.1, 0.15) is 82.1 Å². The molecule has 0 bridgehead atoms. The molecule has 1 fully saturated rings. The second-order valence-electron chi connectivity index (χ2n) is 9.86. The lowest BCUT2D eigenvalue weighted by Crippen LogP contribution is -2.49. The van der Waals surface area contributed by atoms with Crippen molar-refractivity contribution in [2.24, 2.45) is 22.2 Å². The van der Waals surface area contributed by atoms with E-state index in [1.54, 1.807) is 16.5 Å². The summed E-state index contributed by atoms with van der Waals surface area (Å²) in [5.41, 5.74) is -0.666. The number of nitriles is 1. The Labute approximate surface area is 184 Å². The summed E-state index contributed by atoms with van der Waals surface area (Å²) < 4.78 is 13.0. The van der Waals surface area contributed by atoms with Crippen molar-refractivity contribution in [1.82, 2.24) is 0 Å². The zero-order valence-electron chi connectivity index (χ0n) is 19.8. The summed E-state index contributed by atoms with van der Waals surface area (Å²) in [5.74, 6) is 0.483. The zero-order chi connectivity index (χ0) is 22.2. The van der Waals surface area contributed by atoms with Gasteiger partial charge in [-0.3, -0.25) is 0 Å². The Hall–Kier alpha value is -0.150. The molecule has 0 radical (unpaired) electrons. The van der Waals surface area contributed by atoms with Gasteiger partial charge in [0.15, 0.2) is 0 Å². The van der Waals surface area contributed by atoms with Crippen LogP contribution in [0.5, 0.6) is 0 Å². The Kier molecular flexibility index (Phi) is 11.2. The van der Waals surface area contributed by atoms with E-state index in [4.69, 9.17) is 21.7 Å². The highest BCUT2D eigenvalue weighted by atomic mass is 32.2. The molecule has 3 nitrogen and oxygen atoms in total. The van der Waals surface area contributed by atoms with E-state index in [0.717, 1.165) is 19.4 Å². The highest BCUT2D eigenvalue weighted by molar-refractivity contribution is 8.21. The average molecular weight is 430 g/mol. The van der Waals surface area contributed by atoms with Crippen molar-refractivity contribution in [2.45, 2.75) is 92.9 Å². The molecule has 1 rings (SSSR count).